The summed E-state index contributed by atoms with van der Waals surface area (Å²) in [5.74, 6) is 0.297. The number of nitrogens with zero attached hydrogens (tertiary/aromatic N) is 2. The van der Waals surface area contributed by atoms with E-state index in [1.165, 1.54) is 30.5 Å². The Morgan fingerprint density at radius 2 is 1.79 bits per heavy atom. The van der Waals surface area contributed by atoms with Crippen molar-refractivity contribution in [2.45, 2.75) is 38.6 Å². The van der Waals surface area contributed by atoms with Crippen LogP contribution in [0.4, 0.5) is 4.39 Å². The number of carbonyl (C=O) groups is 1. The number of amides is 1. The molecular formula is C23H26FN3O. The van der Waals surface area contributed by atoms with Crippen LogP contribution in [0, 0.1) is 5.82 Å². The fourth-order valence-electron chi connectivity index (χ4n) is 3.21. The molecule has 1 amide bonds. The molecule has 28 heavy (non-hydrogen) atoms. The van der Waals surface area contributed by atoms with E-state index in [1.54, 1.807) is 18.3 Å². The third-order valence-electron chi connectivity index (χ3n) is 4.83. The molecule has 0 aliphatic carbocycles. The van der Waals surface area contributed by atoms with Crippen molar-refractivity contribution >= 4 is 5.91 Å². The molecule has 5 heteroatoms. The minimum Gasteiger partial charge on any atom is -0.342 e. The van der Waals surface area contributed by atoms with Crippen LogP contribution in [0.2, 0.25) is 0 Å². The Morgan fingerprint density at radius 3 is 2.39 bits per heavy atom. The van der Waals surface area contributed by atoms with Crippen molar-refractivity contribution in [3.8, 4) is 0 Å². The number of hydrogen-bond acceptors (Lipinski definition) is 2. The Kier molecular flexibility index (Phi) is 6.58. The van der Waals surface area contributed by atoms with E-state index >= 15 is 0 Å². The summed E-state index contributed by atoms with van der Waals surface area (Å²) >= 11 is 0. The number of carbonyl (C=O) groups excluding carboxylic acids is 1. The van der Waals surface area contributed by atoms with Gasteiger partial charge in [0.2, 0.25) is 5.91 Å². The fourth-order valence-corrected chi connectivity index (χ4v) is 3.21. The number of benzene rings is 2. The third kappa shape index (κ3) is 5.06. The number of nitrogens with one attached hydrogen (secondary N) is 1. The van der Waals surface area contributed by atoms with Gasteiger partial charge in [0.05, 0.1) is 6.42 Å². The molecule has 3 rings (SSSR count). The molecule has 0 radical (unpaired) electrons. The smallest absolute Gasteiger partial charge is 0.225 e. The van der Waals surface area contributed by atoms with Gasteiger partial charge in [-0.25, -0.2) is 9.37 Å². The highest BCUT2D eigenvalue weighted by Gasteiger charge is 2.21. The summed E-state index contributed by atoms with van der Waals surface area (Å²) in [5.41, 5.74) is 3.05. The van der Waals surface area contributed by atoms with Gasteiger partial charge >= 0.3 is 0 Å². The van der Waals surface area contributed by atoms with Crippen LogP contribution >= 0.6 is 0 Å². The van der Waals surface area contributed by atoms with Crippen LogP contribution in [0.15, 0.2) is 60.9 Å². The molecule has 0 spiro atoms. The molecule has 0 aliphatic rings. The largest absolute Gasteiger partial charge is 0.342 e. The van der Waals surface area contributed by atoms with Crippen molar-refractivity contribution in [3.05, 3.63) is 89.3 Å². The lowest BCUT2D eigenvalue weighted by atomic mass is 10.0. The standard InChI is InChI=1S/C23H26FN3O/c1-3-4-5-17-6-8-18(9-7-17)16-21(28)26-22(23-25-14-15-27(23)2)19-10-12-20(24)13-11-19/h6-15,22H,3-5,16H2,1-2H3,(H,26,28). The molecule has 1 atom stereocenters. The Hall–Kier alpha value is -2.95. The van der Waals surface area contributed by atoms with E-state index in [9.17, 15) is 9.18 Å². The number of aromatic nitrogens is 2. The number of hydrogen-bond donors (Lipinski definition) is 1. The Bertz CT molecular complexity index is 900. The number of halogens is 1. The summed E-state index contributed by atoms with van der Waals surface area (Å²) in [7, 11) is 1.88. The van der Waals surface area contributed by atoms with Gasteiger partial charge in [-0.15, -0.1) is 0 Å². The van der Waals surface area contributed by atoms with Crippen molar-refractivity contribution in [2.75, 3.05) is 0 Å². The van der Waals surface area contributed by atoms with Gasteiger partial charge in [-0.1, -0.05) is 49.7 Å². The van der Waals surface area contributed by atoms with E-state index in [-0.39, 0.29) is 18.1 Å². The van der Waals surface area contributed by atoms with Gasteiger partial charge in [0.25, 0.3) is 0 Å². The topological polar surface area (TPSA) is 46.9 Å². The number of rotatable bonds is 8. The highest BCUT2D eigenvalue weighted by molar-refractivity contribution is 5.79. The minimum absolute atomic E-state index is 0.0985. The van der Waals surface area contributed by atoms with Crippen molar-refractivity contribution in [1.82, 2.24) is 14.9 Å². The maximum absolute atomic E-state index is 13.3. The Morgan fingerprint density at radius 1 is 1.11 bits per heavy atom. The molecule has 0 saturated carbocycles. The van der Waals surface area contributed by atoms with Gasteiger partial charge < -0.3 is 9.88 Å². The molecule has 1 N–H and O–H groups in total. The molecule has 146 valence electrons. The lowest BCUT2D eigenvalue weighted by Gasteiger charge is -2.19. The summed E-state index contributed by atoms with van der Waals surface area (Å²) in [6.07, 6.45) is 7.20. The third-order valence-corrected chi connectivity index (χ3v) is 4.83. The average molecular weight is 379 g/mol. The second-order valence-corrected chi connectivity index (χ2v) is 7.05. The zero-order valence-electron chi connectivity index (χ0n) is 16.4. The molecule has 3 aromatic rings. The van der Waals surface area contributed by atoms with Gasteiger partial charge in [0.15, 0.2) is 0 Å². The minimum atomic E-state index is -0.433. The van der Waals surface area contributed by atoms with E-state index in [0.29, 0.717) is 5.82 Å². The van der Waals surface area contributed by atoms with E-state index < -0.39 is 6.04 Å². The van der Waals surface area contributed by atoms with Crippen LogP contribution in [0.1, 0.15) is 48.3 Å². The number of aryl methyl sites for hydroxylation is 2. The van der Waals surface area contributed by atoms with Crippen LogP contribution in [0.5, 0.6) is 0 Å². The first-order chi connectivity index (χ1) is 13.6. The second-order valence-electron chi connectivity index (χ2n) is 7.05. The normalized spacial score (nSPS) is 12.0. The summed E-state index contributed by atoms with van der Waals surface area (Å²) in [5, 5.41) is 3.05. The summed E-state index contributed by atoms with van der Waals surface area (Å²) in [6.45, 7) is 2.18. The Labute approximate surface area is 165 Å². The second kappa shape index (κ2) is 9.31. The van der Waals surface area contributed by atoms with Gasteiger partial charge in [-0.05, 0) is 41.7 Å². The maximum atomic E-state index is 13.3. The van der Waals surface area contributed by atoms with Gasteiger partial charge in [0.1, 0.15) is 17.7 Å². The van der Waals surface area contributed by atoms with E-state index in [0.717, 1.165) is 17.5 Å². The highest BCUT2D eigenvalue weighted by atomic mass is 19.1. The highest BCUT2D eigenvalue weighted by Crippen LogP contribution is 2.21. The van der Waals surface area contributed by atoms with Crippen LogP contribution < -0.4 is 5.32 Å². The van der Waals surface area contributed by atoms with Crippen molar-refractivity contribution in [2.24, 2.45) is 7.05 Å². The molecule has 0 aliphatic heterocycles. The monoisotopic (exact) mass is 379 g/mol. The molecule has 4 nitrogen and oxygen atoms in total. The summed E-state index contributed by atoms with van der Waals surface area (Å²) in [4.78, 5) is 17.1. The van der Waals surface area contributed by atoms with Crippen LogP contribution in [0.3, 0.4) is 0 Å². The van der Waals surface area contributed by atoms with Gasteiger partial charge in [-0.2, -0.15) is 0 Å². The first-order valence-corrected chi connectivity index (χ1v) is 9.66. The first kappa shape index (κ1) is 19.8. The number of imidazole rings is 1. The first-order valence-electron chi connectivity index (χ1n) is 9.66. The van der Waals surface area contributed by atoms with Gasteiger partial charge in [0, 0.05) is 19.4 Å². The molecule has 1 heterocycles. The molecule has 1 aromatic heterocycles. The van der Waals surface area contributed by atoms with Crippen LogP contribution in [0.25, 0.3) is 0 Å². The molecule has 0 saturated heterocycles. The Balaban J connectivity index is 1.72. The lowest BCUT2D eigenvalue weighted by Crippen LogP contribution is -2.32. The summed E-state index contributed by atoms with van der Waals surface area (Å²) < 4.78 is 15.2. The SMILES string of the molecule is CCCCc1ccc(CC(=O)NC(c2ccc(F)cc2)c2nccn2C)cc1. The zero-order chi connectivity index (χ0) is 19.9. The van der Waals surface area contributed by atoms with E-state index in [1.807, 2.05) is 29.9 Å². The number of unbranched alkanes of at least 4 members (excludes halogenated alkanes) is 1. The van der Waals surface area contributed by atoms with Crippen LogP contribution in [-0.4, -0.2) is 15.5 Å². The fraction of sp³-hybridized carbons (Fsp3) is 0.304. The quantitative estimate of drug-likeness (QED) is 0.632. The van der Waals surface area contributed by atoms with E-state index in [4.69, 9.17) is 0 Å². The predicted octanol–water partition coefficient (Wildman–Crippen LogP) is 4.35. The molecular weight excluding hydrogens is 353 g/mol. The average Bonchev–Trinajstić information content (AvgIpc) is 3.12. The lowest BCUT2D eigenvalue weighted by molar-refractivity contribution is -0.121. The molecule has 0 fully saturated rings. The zero-order valence-corrected chi connectivity index (χ0v) is 16.4. The van der Waals surface area contributed by atoms with Crippen molar-refractivity contribution in [3.63, 3.8) is 0 Å². The maximum Gasteiger partial charge on any atom is 0.225 e. The molecule has 0 bridgehead atoms. The van der Waals surface area contributed by atoms with Crippen molar-refractivity contribution < 1.29 is 9.18 Å². The van der Waals surface area contributed by atoms with E-state index in [2.05, 4.69) is 29.4 Å². The van der Waals surface area contributed by atoms with Crippen LogP contribution in [-0.2, 0) is 24.7 Å². The molecule has 1 unspecified atom stereocenters. The molecule has 2 aromatic carbocycles. The summed E-state index contributed by atoms with van der Waals surface area (Å²) in [6, 6.07) is 13.9. The van der Waals surface area contributed by atoms with Gasteiger partial charge in [-0.3, -0.25) is 4.79 Å². The van der Waals surface area contributed by atoms with Crippen molar-refractivity contribution in [1.29, 1.82) is 0 Å². The predicted molar refractivity (Wildman–Crippen MR) is 108 cm³/mol.